The van der Waals surface area contributed by atoms with Gasteiger partial charge in [-0.05, 0) is 49.4 Å². The van der Waals surface area contributed by atoms with E-state index in [9.17, 15) is 4.79 Å². The Morgan fingerprint density at radius 3 is 2.80 bits per heavy atom. The van der Waals surface area contributed by atoms with Crippen LogP contribution in [0.4, 0.5) is 5.82 Å². The van der Waals surface area contributed by atoms with Gasteiger partial charge in [-0.25, -0.2) is 4.98 Å². The summed E-state index contributed by atoms with van der Waals surface area (Å²) in [6.07, 6.45) is 7.82. The first kappa shape index (κ1) is 17.5. The van der Waals surface area contributed by atoms with Gasteiger partial charge in [0, 0.05) is 12.7 Å². The molecule has 5 nitrogen and oxygen atoms in total. The zero-order valence-electron chi connectivity index (χ0n) is 14.0. The Morgan fingerprint density at radius 2 is 2.08 bits per heavy atom. The fourth-order valence-electron chi connectivity index (χ4n) is 2.99. The Hall–Kier alpha value is -2.27. The van der Waals surface area contributed by atoms with E-state index in [1.54, 1.807) is 0 Å². The third-order valence-electron chi connectivity index (χ3n) is 4.34. The van der Waals surface area contributed by atoms with Crippen LogP contribution in [0.25, 0.3) is 0 Å². The van der Waals surface area contributed by atoms with Crippen molar-refractivity contribution in [2.75, 3.05) is 5.32 Å². The van der Waals surface area contributed by atoms with Crippen molar-refractivity contribution in [1.82, 2.24) is 4.98 Å². The molecule has 0 unspecified atom stereocenters. The highest BCUT2D eigenvalue weighted by Crippen LogP contribution is 2.25. The number of carbonyl (C=O) groups is 1. The summed E-state index contributed by atoms with van der Waals surface area (Å²) in [5, 5.41) is 3.54. The standard InChI is InChI=1S/C19H22ClN3O2/c20-17-10-14(18(21)24)12-23-19(17)22-11-13-5-4-8-16(9-13)25-15-6-2-1-3-7-15/h4-5,8-10,12,15H,1-3,6-7,11H2,(H2,21,24)(H,22,23). The van der Waals surface area contributed by atoms with E-state index in [1.165, 1.54) is 31.5 Å². The highest BCUT2D eigenvalue weighted by atomic mass is 35.5. The van der Waals surface area contributed by atoms with Crippen molar-refractivity contribution in [1.29, 1.82) is 0 Å². The maximum atomic E-state index is 11.1. The van der Waals surface area contributed by atoms with Gasteiger partial charge >= 0.3 is 0 Å². The Labute approximate surface area is 152 Å². The van der Waals surface area contributed by atoms with Gasteiger partial charge in [0.2, 0.25) is 5.91 Å². The number of halogens is 1. The topological polar surface area (TPSA) is 77.2 Å². The number of aromatic nitrogens is 1. The molecule has 1 saturated carbocycles. The number of pyridine rings is 1. The van der Waals surface area contributed by atoms with Gasteiger partial charge in [-0.3, -0.25) is 4.79 Å². The molecule has 1 heterocycles. The average Bonchev–Trinajstić information content (AvgIpc) is 2.62. The second-order valence-corrected chi connectivity index (χ2v) is 6.70. The molecule has 2 aromatic rings. The molecule has 132 valence electrons. The van der Waals surface area contributed by atoms with Crippen molar-refractivity contribution in [2.24, 2.45) is 5.73 Å². The zero-order valence-corrected chi connectivity index (χ0v) is 14.8. The van der Waals surface area contributed by atoms with Crippen molar-refractivity contribution in [3.63, 3.8) is 0 Å². The van der Waals surface area contributed by atoms with Gasteiger partial charge in [0.15, 0.2) is 0 Å². The average molecular weight is 360 g/mol. The SMILES string of the molecule is NC(=O)c1cnc(NCc2cccc(OC3CCCCC3)c2)c(Cl)c1. The number of rotatable bonds is 6. The lowest BCUT2D eigenvalue weighted by Gasteiger charge is -2.23. The molecule has 0 bridgehead atoms. The smallest absolute Gasteiger partial charge is 0.250 e. The highest BCUT2D eigenvalue weighted by Gasteiger charge is 2.15. The minimum atomic E-state index is -0.548. The van der Waals surface area contributed by atoms with E-state index in [0.717, 1.165) is 24.2 Å². The number of nitrogens with two attached hydrogens (primary N) is 1. The number of nitrogens with zero attached hydrogens (tertiary/aromatic N) is 1. The van der Waals surface area contributed by atoms with Crippen LogP contribution in [-0.2, 0) is 6.54 Å². The molecule has 0 atom stereocenters. The fourth-order valence-corrected chi connectivity index (χ4v) is 3.23. The van der Waals surface area contributed by atoms with Crippen LogP contribution < -0.4 is 15.8 Å². The number of amides is 1. The van der Waals surface area contributed by atoms with Crippen molar-refractivity contribution >= 4 is 23.3 Å². The Balaban J connectivity index is 1.61. The van der Waals surface area contributed by atoms with Crippen molar-refractivity contribution in [3.05, 3.63) is 52.7 Å². The lowest BCUT2D eigenvalue weighted by atomic mass is 9.98. The van der Waals surface area contributed by atoms with E-state index in [4.69, 9.17) is 22.1 Å². The summed E-state index contributed by atoms with van der Waals surface area (Å²) < 4.78 is 6.09. The van der Waals surface area contributed by atoms with Crippen LogP contribution in [0.15, 0.2) is 36.5 Å². The minimum absolute atomic E-state index is 0.290. The van der Waals surface area contributed by atoms with E-state index >= 15 is 0 Å². The summed E-state index contributed by atoms with van der Waals surface area (Å²) >= 11 is 6.14. The Bertz CT molecular complexity index is 745. The van der Waals surface area contributed by atoms with E-state index in [-0.39, 0.29) is 0 Å². The number of benzene rings is 1. The summed E-state index contributed by atoms with van der Waals surface area (Å²) in [7, 11) is 0. The molecule has 1 aliphatic rings. The summed E-state index contributed by atoms with van der Waals surface area (Å²) in [6.45, 7) is 0.560. The van der Waals surface area contributed by atoms with E-state index in [1.807, 2.05) is 24.3 Å². The number of nitrogens with one attached hydrogen (secondary N) is 1. The van der Waals surface area contributed by atoms with Crippen LogP contribution in [0, 0.1) is 0 Å². The summed E-state index contributed by atoms with van der Waals surface area (Å²) in [6, 6.07) is 9.55. The lowest BCUT2D eigenvalue weighted by molar-refractivity contribution is 0.1000. The number of ether oxygens (including phenoxy) is 1. The van der Waals surface area contributed by atoms with Crippen molar-refractivity contribution in [3.8, 4) is 5.75 Å². The van der Waals surface area contributed by atoms with Gasteiger partial charge in [0.05, 0.1) is 16.7 Å². The molecular formula is C19H22ClN3O2. The Morgan fingerprint density at radius 1 is 1.28 bits per heavy atom. The number of anilines is 1. The molecule has 0 aliphatic heterocycles. The first-order valence-corrected chi connectivity index (χ1v) is 8.94. The monoisotopic (exact) mass is 359 g/mol. The number of primary amides is 1. The molecule has 1 amide bonds. The van der Waals surface area contributed by atoms with Gasteiger partial charge < -0.3 is 15.8 Å². The fraction of sp³-hybridized carbons (Fsp3) is 0.368. The predicted octanol–water partition coefficient (Wildman–Crippen LogP) is 4.16. The molecule has 6 heteroatoms. The zero-order chi connectivity index (χ0) is 17.6. The second-order valence-electron chi connectivity index (χ2n) is 6.30. The Kier molecular flexibility index (Phi) is 5.76. The molecule has 1 fully saturated rings. The summed E-state index contributed by atoms with van der Waals surface area (Å²) in [5.74, 6) is 0.869. The molecule has 1 aromatic heterocycles. The van der Waals surface area contributed by atoms with Gasteiger partial charge in [-0.1, -0.05) is 30.2 Å². The maximum Gasteiger partial charge on any atom is 0.250 e. The first-order valence-electron chi connectivity index (χ1n) is 8.56. The van der Waals surface area contributed by atoms with Gasteiger partial charge in [0.25, 0.3) is 0 Å². The van der Waals surface area contributed by atoms with Crippen LogP contribution in [0.1, 0.15) is 48.0 Å². The molecule has 3 rings (SSSR count). The van der Waals surface area contributed by atoms with Crippen molar-refractivity contribution < 1.29 is 9.53 Å². The molecule has 0 radical (unpaired) electrons. The molecule has 0 spiro atoms. The van der Waals surface area contributed by atoms with Crippen molar-refractivity contribution in [2.45, 2.75) is 44.8 Å². The van der Waals surface area contributed by atoms with Crippen LogP contribution in [0.2, 0.25) is 5.02 Å². The van der Waals surface area contributed by atoms with Gasteiger partial charge in [-0.2, -0.15) is 0 Å². The first-order chi connectivity index (χ1) is 12.1. The third kappa shape index (κ3) is 4.86. The van der Waals surface area contributed by atoms with E-state index in [0.29, 0.717) is 29.1 Å². The van der Waals surface area contributed by atoms with Crippen LogP contribution >= 0.6 is 11.6 Å². The molecule has 1 aromatic carbocycles. The minimum Gasteiger partial charge on any atom is -0.490 e. The molecule has 0 saturated heterocycles. The summed E-state index contributed by atoms with van der Waals surface area (Å²) in [5.41, 5.74) is 6.58. The lowest BCUT2D eigenvalue weighted by Crippen LogP contribution is -2.19. The van der Waals surface area contributed by atoms with Crippen LogP contribution in [0.3, 0.4) is 0 Å². The van der Waals surface area contributed by atoms with Gasteiger partial charge in [0.1, 0.15) is 11.6 Å². The highest BCUT2D eigenvalue weighted by molar-refractivity contribution is 6.33. The molecular weight excluding hydrogens is 338 g/mol. The molecule has 1 aliphatic carbocycles. The van der Waals surface area contributed by atoms with E-state index < -0.39 is 5.91 Å². The predicted molar refractivity (Wildman–Crippen MR) is 99.0 cm³/mol. The number of hydrogen-bond acceptors (Lipinski definition) is 4. The normalized spacial score (nSPS) is 14.9. The molecule has 3 N–H and O–H groups in total. The second kappa shape index (κ2) is 8.21. The number of carbonyl (C=O) groups excluding carboxylic acids is 1. The summed E-state index contributed by atoms with van der Waals surface area (Å²) in [4.78, 5) is 15.3. The maximum absolute atomic E-state index is 11.1. The third-order valence-corrected chi connectivity index (χ3v) is 4.63. The van der Waals surface area contributed by atoms with E-state index in [2.05, 4.69) is 10.3 Å². The molecule has 25 heavy (non-hydrogen) atoms. The number of hydrogen-bond donors (Lipinski definition) is 2. The quantitative estimate of drug-likeness (QED) is 0.811. The van der Waals surface area contributed by atoms with Crippen LogP contribution in [-0.4, -0.2) is 17.0 Å². The largest absolute Gasteiger partial charge is 0.490 e. The van der Waals surface area contributed by atoms with Crippen LogP contribution in [0.5, 0.6) is 5.75 Å². The van der Waals surface area contributed by atoms with Gasteiger partial charge in [-0.15, -0.1) is 0 Å².